The van der Waals surface area contributed by atoms with Crippen molar-refractivity contribution in [1.82, 2.24) is 0 Å². The second-order valence-electron chi connectivity index (χ2n) is 6.22. The first-order valence-corrected chi connectivity index (χ1v) is 8.98. The molecule has 0 aromatic heterocycles. The summed E-state index contributed by atoms with van der Waals surface area (Å²) in [6.07, 6.45) is 0. The van der Waals surface area contributed by atoms with Crippen molar-refractivity contribution in [3.8, 4) is 11.1 Å². The standard InChI is InChI=1S/C21H18ClN3O3/c1-14(21(26)24-20-12-11-18(25(27)28)13-19(20)22)23-17-9-7-16(8-10-17)15-5-3-2-4-6-15/h2-14,23H,1H3,(H,24,26)/t14-/m1/s1. The normalized spacial score (nSPS) is 11.5. The van der Waals surface area contributed by atoms with Crippen LogP contribution in [0.15, 0.2) is 72.8 Å². The van der Waals surface area contributed by atoms with Gasteiger partial charge in [-0.15, -0.1) is 0 Å². The maximum atomic E-state index is 12.4. The Kier molecular flexibility index (Phi) is 5.91. The predicted octanol–water partition coefficient (Wildman–Crippen LogP) is 5.35. The lowest BCUT2D eigenvalue weighted by atomic mass is 10.1. The molecule has 0 aliphatic carbocycles. The van der Waals surface area contributed by atoms with Crippen molar-refractivity contribution in [1.29, 1.82) is 0 Å². The van der Waals surface area contributed by atoms with Gasteiger partial charge in [-0.25, -0.2) is 0 Å². The van der Waals surface area contributed by atoms with Crippen LogP contribution in [0.2, 0.25) is 5.02 Å². The van der Waals surface area contributed by atoms with Crippen LogP contribution in [-0.2, 0) is 4.79 Å². The van der Waals surface area contributed by atoms with Gasteiger partial charge in [-0.05, 0) is 36.2 Å². The summed E-state index contributed by atoms with van der Waals surface area (Å²) < 4.78 is 0. The minimum atomic E-state index is -0.541. The summed E-state index contributed by atoms with van der Waals surface area (Å²) in [7, 11) is 0. The molecule has 3 aromatic rings. The van der Waals surface area contributed by atoms with Gasteiger partial charge in [0.1, 0.15) is 6.04 Å². The molecule has 142 valence electrons. The van der Waals surface area contributed by atoms with Crippen molar-refractivity contribution in [2.24, 2.45) is 0 Å². The molecular weight excluding hydrogens is 378 g/mol. The molecule has 0 fully saturated rings. The first-order valence-electron chi connectivity index (χ1n) is 8.61. The van der Waals surface area contributed by atoms with E-state index in [0.29, 0.717) is 5.69 Å². The number of benzene rings is 3. The van der Waals surface area contributed by atoms with Crippen molar-refractivity contribution in [3.05, 3.63) is 87.9 Å². The van der Waals surface area contributed by atoms with E-state index in [4.69, 9.17) is 11.6 Å². The number of carbonyl (C=O) groups is 1. The molecule has 0 unspecified atom stereocenters. The van der Waals surface area contributed by atoms with Crippen LogP contribution < -0.4 is 10.6 Å². The van der Waals surface area contributed by atoms with E-state index in [1.807, 2.05) is 54.6 Å². The minimum Gasteiger partial charge on any atom is -0.374 e. The molecule has 0 aliphatic rings. The largest absolute Gasteiger partial charge is 0.374 e. The fraction of sp³-hybridized carbons (Fsp3) is 0.0952. The van der Waals surface area contributed by atoms with Crippen molar-refractivity contribution in [2.45, 2.75) is 13.0 Å². The van der Waals surface area contributed by atoms with Crippen molar-refractivity contribution < 1.29 is 9.72 Å². The smallest absolute Gasteiger partial charge is 0.271 e. The Morgan fingerprint density at radius 2 is 1.64 bits per heavy atom. The number of hydrogen-bond acceptors (Lipinski definition) is 4. The topological polar surface area (TPSA) is 84.3 Å². The number of nitro groups is 1. The average molecular weight is 396 g/mol. The van der Waals surface area contributed by atoms with Gasteiger partial charge < -0.3 is 10.6 Å². The molecule has 1 atom stereocenters. The van der Waals surface area contributed by atoms with E-state index in [9.17, 15) is 14.9 Å². The lowest BCUT2D eigenvalue weighted by molar-refractivity contribution is -0.384. The Balaban J connectivity index is 1.63. The number of carbonyl (C=O) groups excluding carboxylic acids is 1. The first-order chi connectivity index (χ1) is 13.4. The van der Waals surface area contributed by atoms with Gasteiger partial charge in [0.2, 0.25) is 5.91 Å². The number of non-ortho nitro benzene ring substituents is 1. The Labute approximate surface area is 167 Å². The Bertz CT molecular complexity index is 992. The van der Waals surface area contributed by atoms with E-state index in [1.54, 1.807) is 6.92 Å². The third-order valence-electron chi connectivity index (χ3n) is 4.19. The Morgan fingerprint density at radius 1 is 1.00 bits per heavy atom. The Hall–Kier alpha value is -3.38. The highest BCUT2D eigenvalue weighted by Crippen LogP contribution is 2.27. The van der Waals surface area contributed by atoms with E-state index in [2.05, 4.69) is 10.6 Å². The number of hydrogen-bond donors (Lipinski definition) is 2. The van der Waals surface area contributed by atoms with Crippen LogP contribution in [0.4, 0.5) is 17.1 Å². The van der Waals surface area contributed by atoms with Crippen molar-refractivity contribution >= 4 is 34.6 Å². The molecule has 28 heavy (non-hydrogen) atoms. The van der Waals surface area contributed by atoms with Gasteiger partial charge in [0.25, 0.3) is 5.69 Å². The average Bonchev–Trinajstić information content (AvgIpc) is 2.70. The third-order valence-corrected chi connectivity index (χ3v) is 4.50. The van der Waals surface area contributed by atoms with Gasteiger partial charge in [0, 0.05) is 17.8 Å². The predicted molar refractivity (Wildman–Crippen MR) is 112 cm³/mol. The number of rotatable bonds is 6. The van der Waals surface area contributed by atoms with E-state index in [-0.39, 0.29) is 16.6 Å². The first kappa shape index (κ1) is 19.4. The van der Waals surface area contributed by atoms with Crippen LogP contribution in [0.5, 0.6) is 0 Å². The summed E-state index contributed by atoms with van der Waals surface area (Å²) in [5.41, 5.74) is 3.20. The second kappa shape index (κ2) is 8.54. The van der Waals surface area contributed by atoms with E-state index in [0.717, 1.165) is 16.8 Å². The highest BCUT2D eigenvalue weighted by atomic mass is 35.5. The van der Waals surface area contributed by atoms with Gasteiger partial charge in [0.15, 0.2) is 0 Å². The molecule has 0 bridgehead atoms. The lowest BCUT2D eigenvalue weighted by Gasteiger charge is -2.16. The van der Waals surface area contributed by atoms with Crippen molar-refractivity contribution in [3.63, 3.8) is 0 Å². The summed E-state index contributed by atoms with van der Waals surface area (Å²) in [5, 5.41) is 16.7. The van der Waals surface area contributed by atoms with Crippen LogP contribution in [0.25, 0.3) is 11.1 Å². The third kappa shape index (κ3) is 4.66. The molecule has 0 radical (unpaired) electrons. The van der Waals surface area contributed by atoms with Gasteiger partial charge in [0.05, 0.1) is 15.6 Å². The summed E-state index contributed by atoms with van der Waals surface area (Å²) in [6.45, 7) is 1.72. The second-order valence-corrected chi connectivity index (χ2v) is 6.63. The molecule has 0 saturated carbocycles. The zero-order valence-electron chi connectivity index (χ0n) is 15.1. The molecule has 0 aliphatic heterocycles. The fourth-order valence-corrected chi connectivity index (χ4v) is 2.89. The zero-order chi connectivity index (χ0) is 20.1. The lowest BCUT2D eigenvalue weighted by Crippen LogP contribution is -2.31. The molecule has 2 N–H and O–H groups in total. The van der Waals surface area contributed by atoms with Crippen LogP contribution in [-0.4, -0.2) is 16.9 Å². The molecule has 0 saturated heterocycles. The Morgan fingerprint density at radius 3 is 2.25 bits per heavy atom. The fourth-order valence-electron chi connectivity index (χ4n) is 2.66. The monoisotopic (exact) mass is 395 g/mol. The van der Waals surface area contributed by atoms with Gasteiger partial charge >= 0.3 is 0 Å². The number of nitrogens with zero attached hydrogens (tertiary/aromatic N) is 1. The minimum absolute atomic E-state index is 0.113. The molecule has 1 amide bonds. The number of amides is 1. The molecule has 0 spiro atoms. The van der Waals surface area contributed by atoms with Crippen LogP contribution in [0.3, 0.4) is 0 Å². The molecule has 7 heteroatoms. The quantitative estimate of drug-likeness (QED) is 0.435. The molecule has 3 rings (SSSR count). The summed E-state index contributed by atoms with van der Waals surface area (Å²) in [5.74, 6) is -0.303. The summed E-state index contributed by atoms with van der Waals surface area (Å²) in [6, 6.07) is 21.2. The number of nitro benzene ring substituents is 1. The molecule has 6 nitrogen and oxygen atoms in total. The van der Waals surface area contributed by atoms with Crippen LogP contribution >= 0.6 is 11.6 Å². The van der Waals surface area contributed by atoms with Crippen molar-refractivity contribution in [2.75, 3.05) is 10.6 Å². The van der Waals surface area contributed by atoms with Gasteiger partial charge in [-0.1, -0.05) is 54.1 Å². The SMILES string of the molecule is C[C@@H](Nc1ccc(-c2ccccc2)cc1)C(=O)Nc1ccc([N+](=O)[O-])cc1Cl. The number of nitrogens with one attached hydrogen (secondary N) is 2. The van der Waals surface area contributed by atoms with E-state index < -0.39 is 11.0 Å². The number of anilines is 2. The zero-order valence-corrected chi connectivity index (χ0v) is 15.8. The van der Waals surface area contributed by atoms with Crippen LogP contribution in [0, 0.1) is 10.1 Å². The maximum Gasteiger partial charge on any atom is 0.271 e. The summed E-state index contributed by atoms with van der Waals surface area (Å²) in [4.78, 5) is 22.6. The molecular formula is C21H18ClN3O3. The van der Waals surface area contributed by atoms with Crippen LogP contribution in [0.1, 0.15) is 6.92 Å². The van der Waals surface area contributed by atoms with E-state index >= 15 is 0 Å². The molecule has 3 aromatic carbocycles. The van der Waals surface area contributed by atoms with Gasteiger partial charge in [-0.2, -0.15) is 0 Å². The highest BCUT2D eigenvalue weighted by molar-refractivity contribution is 6.34. The molecule has 0 heterocycles. The maximum absolute atomic E-state index is 12.4. The number of halogens is 1. The van der Waals surface area contributed by atoms with Gasteiger partial charge in [-0.3, -0.25) is 14.9 Å². The highest BCUT2D eigenvalue weighted by Gasteiger charge is 2.16. The summed E-state index contributed by atoms with van der Waals surface area (Å²) >= 11 is 6.02. The van der Waals surface area contributed by atoms with E-state index in [1.165, 1.54) is 18.2 Å².